The predicted molar refractivity (Wildman–Crippen MR) is 163 cm³/mol. The van der Waals surface area contributed by atoms with Crippen molar-refractivity contribution in [3.63, 3.8) is 0 Å². The maximum atomic E-state index is 13.7. The normalized spacial score (nSPS) is 19.0. The van der Waals surface area contributed by atoms with Crippen molar-refractivity contribution in [3.05, 3.63) is 72.1 Å². The molecule has 10 nitrogen and oxygen atoms in total. The first kappa shape index (κ1) is 29.3. The molecule has 0 saturated carbocycles. The molecule has 2 amide bonds. The summed E-state index contributed by atoms with van der Waals surface area (Å²) in [4.78, 5) is 28.7. The summed E-state index contributed by atoms with van der Waals surface area (Å²) in [5.74, 6) is -0.615. The Labute approximate surface area is 250 Å². The molecule has 2 aromatic heterocycles. The number of aromatic nitrogens is 2. The second-order valence-electron chi connectivity index (χ2n) is 10.5. The summed E-state index contributed by atoms with van der Waals surface area (Å²) in [5.41, 5.74) is 4.26. The number of nitrogens with zero attached hydrogens (tertiary/aromatic N) is 3. The van der Waals surface area contributed by atoms with Crippen LogP contribution in [0.3, 0.4) is 0 Å². The van der Waals surface area contributed by atoms with Gasteiger partial charge in [0.15, 0.2) is 0 Å². The smallest absolute Gasteiger partial charge is 0.261 e. The quantitative estimate of drug-likeness (QED) is 0.290. The van der Waals surface area contributed by atoms with Crippen molar-refractivity contribution in [3.8, 4) is 0 Å². The highest BCUT2D eigenvalue weighted by atomic mass is 16.6. The van der Waals surface area contributed by atoms with Gasteiger partial charge in [0.1, 0.15) is 0 Å². The van der Waals surface area contributed by atoms with Gasteiger partial charge in [-0.05, 0) is 12.1 Å². The number of likely N-dealkylation sites (N-methyl/N-ethyl adjacent to an activating group) is 1. The number of para-hydroxylation sites is 2. The Morgan fingerprint density at radius 2 is 0.860 bits per heavy atom. The van der Waals surface area contributed by atoms with Crippen molar-refractivity contribution < 1.29 is 33.3 Å². The SMILES string of the molecule is CN1C(=O)C2=C(C1=O)c1cn(c3ccccc13)CCOCCOCCOCCOCCOCCn1cc2c2ccccc21. The van der Waals surface area contributed by atoms with E-state index >= 15 is 0 Å². The Balaban J connectivity index is 1.39. The van der Waals surface area contributed by atoms with Gasteiger partial charge in [0, 0.05) is 65.5 Å². The number of rotatable bonds is 0. The lowest BCUT2D eigenvalue weighted by molar-refractivity contribution is -0.134. The van der Waals surface area contributed by atoms with Crippen LogP contribution < -0.4 is 0 Å². The van der Waals surface area contributed by atoms with Gasteiger partial charge in [-0.1, -0.05) is 36.4 Å². The van der Waals surface area contributed by atoms with Crippen molar-refractivity contribution in [2.75, 3.05) is 73.1 Å². The van der Waals surface area contributed by atoms with Crippen LogP contribution in [0.2, 0.25) is 0 Å². The Kier molecular flexibility index (Phi) is 9.30. The molecular weight excluding hydrogens is 550 g/mol. The van der Waals surface area contributed by atoms with Gasteiger partial charge in [0.05, 0.1) is 77.2 Å². The number of carbonyl (C=O) groups is 2. The summed E-state index contributed by atoms with van der Waals surface area (Å²) >= 11 is 0. The highest BCUT2D eigenvalue weighted by Gasteiger charge is 2.39. The van der Waals surface area contributed by atoms with E-state index in [1.807, 2.05) is 60.9 Å². The zero-order valence-corrected chi connectivity index (χ0v) is 24.5. The maximum Gasteiger partial charge on any atom is 0.261 e. The Morgan fingerprint density at radius 3 is 1.26 bits per heavy atom. The van der Waals surface area contributed by atoms with E-state index in [9.17, 15) is 9.59 Å². The van der Waals surface area contributed by atoms with Crippen LogP contribution in [0.5, 0.6) is 0 Å². The Bertz CT molecular complexity index is 1520. The highest BCUT2D eigenvalue weighted by Crippen LogP contribution is 2.41. The molecule has 0 saturated heterocycles. The minimum atomic E-state index is -0.308. The van der Waals surface area contributed by atoms with Crippen molar-refractivity contribution in [1.82, 2.24) is 14.0 Å². The van der Waals surface area contributed by atoms with E-state index in [4.69, 9.17) is 23.7 Å². The van der Waals surface area contributed by atoms with Gasteiger partial charge in [-0.25, -0.2) is 0 Å². The summed E-state index contributed by atoms with van der Waals surface area (Å²) in [6.07, 6.45) is 3.94. The first-order valence-electron chi connectivity index (χ1n) is 14.8. The van der Waals surface area contributed by atoms with Crippen LogP contribution in [-0.4, -0.2) is 99.0 Å². The first-order chi connectivity index (χ1) is 21.1. The van der Waals surface area contributed by atoms with Gasteiger partial charge in [-0.3, -0.25) is 14.5 Å². The van der Waals surface area contributed by atoms with Crippen molar-refractivity contribution in [2.24, 2.45) is 0 Å². The lowest BCUT2D eigenvalue weighted by atomic mass is 9.95. The predicted octanol–water partition coefficient (Wildman–Crippen LogP) is 3.60. The summed E-state index contributed by atoms with van der Waals surface area (Å²) in [5, 5.41) is 1.83. The number of amides is 2. The number of imide groups is 1. The number of carbonyl (C=O) groups excluding carboxylic acids is 2. The molecule has 0 radical (unpaired) electrons. The zero-order chi connectivity index (χ0) is 29.6. The summed E-state index contributed by atoms with van der Waals surface area (Å²) < 4.78 is 32.6. The molecular formula is C33H37N3O7. The molecule has 4 bridgehead atoms. The monoisotopic (exact) mass is 587 g/mol. The van der Waals surface area contributed by atoms with Gasteiger partial charge >= 0.3 is 0 Å². The highest BCUT2D eigenvalue weighted by molar-refractivity contribution is 6.50. The van der Waals surface area contributed by atoms with E-state index in [0.717, 1.165) is 32.9 Å². The molecule has 43 heavy (non-hydrogen) atoms. The van der Waals surface area contributed by atoms with Crippen LogP contribution in [0.1, 0.15) is 11.1 Å². The molecule has 10 heteroatoms. The first-order valence-corrected chi connectivity index (χ1v) is 14.8. The van der Waals surface area contributed by atoms with Crippen LogP contribution in [0.25, 0.3) is 33.0 Å². The molecule has 0 atom stereocenters. The van der Waals surface area contributed by atoms with Crippen LogP contribution in [0.15, 0.2) is 60.9 Å². The van der Waals surface area contributed by atoms with Crippen molar-refractivity contribution in [1.29, 1.82) is 0 Å². The van der Waals surface area contributed by atoms with E-state index in [2.05, 4.69) is 9.13 Å². The molecule has 226 valence electrons. The third-order valence-electron chi connectivity index (χ3n) is 7.84. The second kappa shape index (κ2) is 13.7. The molecule has 0 unspecified atom stereocenters. The number of benzene rings is 2. The van der Waals surface area contributed by atoms with E-state index < -0.39 is 0 Å². The Hall–Kier alpha value is -3.80. The van der Waals surface area contributed by atoms with Gasteiger partial charge in [-0.15, -0.1) is 0 Å². The molecule has 6 rings (SSSR count). The average molecular weight is 588 g/mol. The third kappa shape index (κ3) is 6.15. The van der Waals surface area contributed by atoms with Gasteiger partial charge in [0.25, 0.3) is 11.8 Å². The van der Waals surface area contributed by atoms with E-state index in [-0.39, 0.29) is 11.8 Å². The number of ether oxygens (including phenoxy) is 5. The van der Waals surface area contributed by atoms with Crippen molar-refractivity contribution >= 4 is 44.8 Å². The Morgan fingerprint density at radius 1 is 0.512 bits per heavy atom. The molecule has 0 aliphatic carbocycles. The minimum absolute atomic E-state index is 0.308. The molecule has 4 heterocycles. The standard InChI is InChI=1S/C33H37N3O7/c1-34-32(37)30-26-22-35(28-8-4-2-6-24(26)28)10-12-39-14-16-41-18-20-43-21-19-42-17-15-40-13-11-36-23-27(31(30)33(34)38)25-7-3-5-9-29(25)36/h2-9,22-23H,10-21H2,1H3. The largest absolute Gasteiger partial charge is 0.377 e. The molecule has 2 aliphatic rings. The number of fused-ring (bicyclic) bond motifs is 12. The molecule has 0 spiro atoms. The summed E-state index contributed by atoms with van der Waals surface area (Å²) in [6, 6.07) is 15.9. The average Bonchev–Trinajstić information content (AvgIpc) is 3.64. The van der Waals surface area contributed by atoms with Crippen LogP contribution in [0.4, 0.5) is 0 Å². The molecule has 2 aromatic carbocycles. The summed E-state index contributed by atoms with van der Waals surface area (Å²) in [7, 11) is 1.55. The minimum Gasteiger partial charge on any atom is -0.377 e. The summed E-state index contributed by atoms with van der Waals surface area (Å²) in [6.45, 7) is 5.99. The van der Waals surface area contributed by atoms with Gasteiger partial charge in [0.2, 0.25) is 0 Å². The lowest BCUT2D eigenvalue weighted by Gasteiger charge is -2.09. The van der Waals surface area contributed by atoms with Gasteiger partial charge in [-0.2, -0.15) is 0 Å². The zero-order valence-electron chi connectivity index (χ0n) is 24.5. The van der Waals surface area contributed by atoms with Crippen LogP contribution >= 0.6 is 0 Å². The fourth-order valence-electron chi connectivity index (χ4n) is 5.71. The second-order valence-corrected chi connectivity index (χ2v) is 10.5. The molecule has 0 fully saturated rings. The van der Waals surface area contributed by atoms with Crippen LogP contribution in [-0.2, 0) is 46.4 Å². The number of hydrogen-bond donors (Lipinski definition) is 0. The van der Waals surface area contributed by atoms with Crippen LogP contribution in [0, 0.1) is 0 Å². The van der Waals surface area contributed by atoms with E-state index in [0.29, 0.717) is 90.3 Å². The number of hydrogen-bond acceptors (Lipinski definition) is 7. The molecule has 4 aromatic rings. The molecule has 0 N–H and O–H groups in total. The third-order valence-corrected chi connectivity index (χ3v) is 7.84. The fraction of sp³-hybridized carbons (Fsp3) is 0.394. The van der Waals surface area contributed by atoms with E-state index in [1.165, 1.54) is 4.90 Å². The maximum absolute atomic E-state index is 13.7. The van der Waals surface area contributed by atoms with Gasteiger partial charge < -0.3 is 32.8 Å². The van der Waals surface area contributed by atoms with Crippen molar-refractivity contribution in [2.45, 2.75) is 13.1 Å². The van der Waals surface area contributed by atoms with E-state index in [1.54, 1.807) is 7.05 Å². The topological polar surface area (TPSA) is 93.4 Å². The molecule has 2 aliphatic heterocycles. The lowest BCUT2D eigenvalue weighted by Crippen LogP contribution is -2.26. The fourth-order valence-corrected chi connectivity index (χ4v) is 5.71.